The molecule has 0 saturated carbocycles. The maximum absolute atomic E-state index is 12.3. The van der Waals surface area contributed by atoms with Crippen LogP contribution in [0.1, 0.15) is 15.9 Å². The molecule has 0 aliphatic carbocycles. The predicted molar refractivity (Wildman–Crippen MR) is 89.1 cm³/mol. The summed E-state index contributed by atoms with van der Waals surface area (Å²) >= 11 is 0. The largest absolute Gasteiger partial charge is 0.478 e. The molecule has 9 heteroatoms. The van der Waals surface area contributed by atoms with Gasteiger partial charge in [-0.3, -0.25) is 9.32 Å². The molecule has 0 spiro atoms. The zero-order valence-electron chi connectivity index (χ0n) is 12.9. The molecule has 1 unspecified atom stereocenters. The monoisotopic (exact) mass is 365 g/mol. The van der Waals surface area contributed by atoms with E-state index in [2.05, 4.69) is 9.84 Å². The van der Waals surface area contributed by atoms with Crippen molar-refractivity contribution in [3.8, 4) is 0 Å². The van der Waals surface area contributed by atoms with E-state index in [1.807, 2.05) is 0 Å². The number of aromatic carboxylic acids is 1. The van der Waals surface area contributed by atoms with Crippen LogP contribution in [0.2, 0.25) is 0 Å². The third kappa shape index (κ3) is 6.13. The molecule has 0 aliphatic heterocycles. The van der Waals surface area contributed by atoms with Gasteiger partial charge in [0.2, 0.25) is 0 Å². The van der Waals surface area contributed by atoms with Crippen LogP contribution in [-0.2, 0) is 20.3 Å². The molecule has 0 aliphatic rings. The van der Waals surface area contributed by atoms with E-state index in [1.165, 1.54) is 24.3 Å². The first-order chi connectivity index (χ1) is 11.7. The molecule has 0 heterocycles. The Labute approximate surface area is 143 Å². The minimum absolute atomic E-state index is 0.0367. The topological polar surface area (TPSA) is 133 Å². The molecule has 2 aromatic rings. The highest BCUT2D eigenvalue weighted by Gasteiger charge is 2.28. The second-order valence-corrected chi connectivity index (χ2v) is 6.34. The van der Waals surface area contributed by atoms with Gasteiger partial charge in [-0.15, -0.1) is 0 Å². The summed E-state index contributed by atoms with van der Waals surface area (Å²) in [7, 11) is -4.88. The van der Waals surface area contributed by atoms with Crippen molar-refractivity contribution >= 4 is 25.4 Å². The van der Waals surface area contributed by atoms with Gasteiger partial charge >= 0.3 is 13.8 Å². The van der Waals surface area contributed by atoms with Gasteiger partial charge in [-0.1, -0.05) is 30.3 Å². The average molecular weight is 365 g/mol. The predicted octanol–water partition coefficient (Wildman–Crippen LogP) is 2.04. The highest BCUT2D eigenvalue weighted by molar-refractivity contribution is 7.46. The molecular formula is C16H16NO7P. The Morgan fingerprint density at radius 1 is 1.04 bits per heavy atom. The number of anilines is 1. The molecular weight excluding hydrogens is 349 g/mol. The molecule has 1 atom stereocenters. The van der Waals surface area contributed by atoms with E-state index in [-0.39, 0.29) is 17.7 Å². The van der Waals surface area contributed by atoms with Crippen LogP contribution in [0, 0.1) is 0 Å². The Bertz CT molecular complexity index is 786. The van der Waals surface area contributed by atoms with Crippen LogP contribution < -0.4 is 5.32 Å². The molecule has 25 heavy (non-hydrogen) atoms. The maximum Gasteiger partial charge on any atom is 0.470 e. The fourth-order valence-corrected chi connectivity index (χ4v) is 2.59. The normalized spacial score (nSPS) is 12.4. The van der Waals surface area contributed by atoms with Gasteiger partial charge in [-0.05, 0) is 29.8 Å². The summed E-state index contributed by atoms with van der Waals surface area (Å²) in [5, 5.41) is 11.3. The fraction of sp³-hybridized carbons (Fsp3) is 0.125. The van der Waals surface area contributed by atoms with Gasteiger partial charge in [0.15, 0.2) is 6.10 Å². The van der Waals surface area contributed by atoms with Crippen LogP contribution in [0.4, 0.5) is 5.69 Å². The molecule has 0 aromatic heterocycles. The number of phosphoric ester groups is 1. The fourth-order valence-electron chi connectivity index (χ4n) is 2.09. The molecule has 4 N–H and O–H groups in total. The number of hydrogen-bond acceptors (Lipinski definition) is 4. The lowest BCUT2D eigenvalue weighted by Gasteiger charge is -2.18. The van der Waals surface area contributed by atoms with Crippen molar-refractivity contribution in [1.82, 2.24) is 0 Å². The van der Waals surface area contributed by atoms with E-state index in [0.717, 1.165) is 0 Å². The van der Waals surface area contributed by atoms with Crippen LogP contribution in [0.15, 0.2) is 54.6 Å². The summed E-state index contributed by atoms with van der Waals surface area (Å²) < 4.78 is 15.7. The first-order valence-electron chi connectivity index (χ1n) is 7.17. The quantitative estimate of drug-likeness (QED) is 0.552. The Kier molecular flexibility index (Phi) is 6.06. The van der Waals surface area contributed by atoms with Crippen molar-refractivity contribution in [2.24, 2.45) is 0 Å². The van der Waals surface area contributed by atoms with E-state index in [0.29, 0.717) is 5.56 Å². The number of carbonyl (C=O) groups excluding carboxylic acids is 1. The molecule has 0 bridgehead atoms. The third-order valence-corrected chi connectivity index (χ3v) is 3.75. The molecule has 1 amide bonds. The molecule has 0 saturated heterocycles. The number of benzene rings is 2. The zero-order valence-corrected chi connectivity index (χ0v) is 13.8. The van der Waals surface area contributed by atoms with Gasteiger partial charge in [-0.25, -0.2) is 9.36 Å². The Balaban J connectivity index is 2.13. The van der Waals surface area contributed by atoms with Crippen LogP contribution in [0.3, 0.4) is 0 Å². The number of amides is 1. The molecule has 0 fully saturated rings. The Morgan fingerprint density at radius 3 is 2.16 bits per heavy atom. The van der Waals surface area contributed by atoms with Gasteiger partial charge in [0.25, 0.3) is 5.91 Å². The molecule has 2 rings (SSSR count). The number of carbonyl (C=O) groups is 2. The summed E-state index contributed by atoms with van der Waals surface area (Å²) in [4.78, 5) is 41.2. The lowest BCUT2D eigenvalue weighted by molar-refractivity contribution is -0.123. The van der Waals surface area contributed by atoms with E-state index >= 15 is 0 Å². The second-order valence-electron chi connectivity index (χ2n) is 5.15. The standard InChI is InChI=1S/C16H16NO7P/c18-15(17-13-8-6-12(7-9-13)16(19)20)14(24-25(21,22)23)10-11-4-2-1-3-5-11/h1-9,14H,10H2,(H,17,18)(H,19,20)(H2,21,22,23). The number of carboxylic acid groups (broad SMARTS) is 1. The minimum Gasteiger partial charge on any atom is -0.478 e. The summed E-state index contributed by atoms with van der Waals surface area (Å²) in [6.07, 6.45) is -1.45. The SMILES string of the molecule is O=C(O)c1ccc(NC(=O)C(Cc2ccccc2)OP(=O)(O)O)cc1. The highest BCUT2D eigenvalue weighted by atomic mass is 31.2. The van der Waals surface area contributed by atoms with Crippen LogP contribution in [-0.4, -0.2) is 32.9 Å². The molecule has 132 valence electrons. The van der Waals surface area contributed by atoms with E-state index in [1.54, 1.807) is 30.3 Å². The zero-order chi connectivity index (χ0) is 18.4. The van der Waals surface area contributed by atoms with Crippen molar-refractivity contribution in [2.75, 3.05) is 5.32 Å². The van der Waals surface area contributed by atoms with E-state index < -0.39 is 25.8 Å². The van der Waals surface area contributed by atoms with Gasteiger partial charge < -0.3 is 20.2 Å². The Hall–Kier alpha value is -2.51. The second kappa shape index (κ2) is 8.04. The van der Waals surface area contributed by atoms with E-state index in [9.17, 15) is 14.2 Å². The third-order valence-electron chi connectivity index (χ3n) is 3.22. The van der Waals surface area contributed by atoms with Gasteiger partial charge in [0.05, 0.1) is 5.56 Å². The summed E-state index contributed by atoms with van der Waals surface area (Å²) in [6, 6.07) is 14.0. The van der Waals surface area contributed by atoms with Crippen molar-refractivity contribution in [1.29, 1.82) is 0 Å². The first kappa shape index (κ1) is 18.8. The summed E-state index contributed by atoms with van der Waals surface area (Å²) in [5.74, 6) is -1.86. The Morgan fingerprint density at radius 2 is 1.64 bits per heavy atom. The van der Waals surface area contributed by atoms with Gasteiger partial charge in [0, 0.05) is 12.1 Å². The van der Waals surface area contributed by atoms with Crippen LogP contribution in [0.5, 0.6) is 0 Å². The number of phosphoric acid groups is 1. The molecule has 0 radical (unpaired) electrons. The van der Waals surface area contributed by atoms with Crippen molar-refractivity contribution in [3.05, 3.63) is 65.7 Å². The van der Waals surface area contributed by atoms with Gasteiger partial charge in [-0.2, -0.15) is 0 Å². The average Bonchev–Trinajstić information content (AvgIpc) is 2.54. The number of rotatable bonds is 7. The first-order valence-corrected chi connectivity index (χ1v) is 8.70. The van der Waals surface area contributed by atoms with Crippen molar-refractivity contribution < 1.29 is 33.6 Å². The lowest BCUT2D eigenvalue weighted by Crippen LogP contribution is -2.31. The van der Waals surface area contributed by atoms with Crippen molar-refractivity contribution in [3.63, 3.8) is 0 Å². The molecule has 8 nitrogen and oxygen atoms in total. The lowest BCUT2D eigenvalue weighted by atomic mass is 10.1. The van der Waals surface area contributed by atoms with Crippen LogP contribution >= 0.6 is 7.82 Å². The maximum atomic E-state index is 12.3. The summed E-state index contributed by atoms with van der Waals surface area (Å²) in [5.41, 5.74) is 0.991. The van der Waals surface area contributed by atoms with Gasteiger partial charge in [0.1, 0.15) is 0 Å². The van der Waals surface area contributed by atoms with Crippen LogP contribution in [0.25, 0.3) is 0 Å². The number of hydrogen-bond donors (Lipinski definition) is 4. The van der Waals surface area contributed by atoms with E-state index in [4.69, 9.17) is 14.9 Å². The highest BCUT2D eigenvalue weighted by Crippen LogP contribution is 2.38. The smallest absolute Gasteiger partial charge is 0.470 e. The molecule has 2 aromatic carbocycles. The van der Waals surface area contributed by atoms with Crippen molar-refractivity contribution in [2.45, 2.75) is 12.5 Å². The number of nitrogens with one attached hydrogen (secondary N) is 1. The minimum atomic E-state index is -4.88. The number of carboxylic acids is 1. The summed E-state index contributed by atoms with van der Waals surface area (Å²) in [6.45, 7) is 0.